The highest BCUT2D eigenvalue weighted by Crippen LogP contribution is 2.19. The van der Waals surface area contributed by atoms with E-state index in [-0.39, 0.29) is 5.91 Å². The molecule has 0 aliphatic carbocycles. The van der Waals surface area contributed by atoms with E-state index in [1.807, 2.05) is 56.3 Å². The van der Waals surface area contributed by atoms with E-state index < -0.39 is 0 Å². The van der Waals surface area contributed by atoms with Crippen LogP contribution >= 0.6 is 0 Å². The van der Waals surface area contributed by atoms with Gasteiger partial charge in [-0.15, -0.1) is 0 Å². The van der Waals surface area contributed by atoms with E-state index in [1.165, 1.54) is 0 Å². The van der Waals surface area contributed by atoms with E-state index in [9.17, 15) is 4.79 Å². The normalized spacial score (nSPS) is 10.2. The quantitative estimate of drug-likeness (QED) is 0.673. The number of pyridine rings is 1. The molecule has 0 aliphatic heterocycles. The Hall–Kier alpha value is -3.34. The van der Waals surface area contributed by atoms with Crippen molar-refractivity contribution in [3.05, 3.63) is 78.1 Å². The van der Waals surface area contributed by atoms with Crippen LogP contribution in [-0.2, 0) is 0 Å². The summed E-state index contributed by atoms with van der Waals surface area (Å²) in [5.74, 6) is 0.509. The highest BCUT2D eigenvalue weighted by Gasteiger charge is 2.09. The molecular formula is C21H21N3O2. The first-order valence-electron chi connectivity index (χ1n) is 8.48. The number of benzene rings is 2. The number of carbonyl (C=O) groups excluding carboxylic acids is 1. The van der Waals surface area contributed by atoms with Crippen molar-refractivity contribution in [1.29, 1.82) is 0 Å². The van der Waals surface area contributed by atoms with Gasteiger partial charge in [0, 0.05) is 23.3 Å². The van der Waals surface area contributed by atoms with Crippen LogP contribution in [0.3, 0.4) is 0 Å². The molecule has 0 radical (unpaired) electrons. The summed E-state index contributed by atoms with van der Waals surface area (Å²) in [6.07, 6.45) is 1.62. The number of hydrogen-bond acceptors (Lipinski definition) is 4. The van der Waals surface area contributed by atoms with Gasteiger partial charge in [-0.1, -0.05) is 12.1 Å². The van der Waals surface area contributed by atoms with Crippen molar-refractivity contribution in [2.45, 2.75) is 13.8 Å². The molecule has 3 rings (SSSR count). The van der Waals surface area contributed by atoms with Crippen molar-refractivity contribution in [3.63, 3.8) is 0 Å². The van der Waals surface area contributed by atoms with E-state index in [0.717, 1.165) is 22.7 Å². The number of ether oxygens (including phenoxy) is 1. The van der Waals surface area contributed by atoms with E-state index in [4.69, 9.17) is 4.74 Å². The van der Waals surface area contributed by atoms with Crippen LogP contribution in [0.4, 0.5) is 17.1 Å². The largest absolute Gasteiger partial charge is 0.494 e. The second kappa shape index (κ2) is 8.16. The maximum Gasteiger partial charge on any atom is 0.274 e. The minimum absolute atomic E-state index is 0.262. The molecule has 2 aromatic carbocycles. The Kier molecular flexibility index (Phi) is 5.49. The number of nitrogens with zero attached hydrogens (tertiary/aromatic N) is 1. The molecule has 2 N–H and O–H groups in total. The zero-order valence-electron chi connectivity index (χ0n) is 14.8. The monoisotopic (exact) mass is 347 g/mol. The fourth-order valence-corrected chi connectivity index (χ4v) is 2.52. The van der Waals surface area contributed by atoms with Crippen LogP contribution < -0.4 is 15.4 Å². The summed E-state index contributed by atoms with van der Waals surface area (Å²) in [4.78, 5) is 16.6. The third-order valence-electron chi connectivity index (χ3n) is 3.72. The van der Waals surface area contributed by atoms with Gasteiger partial charge in [-0.2, -0.15) is 0 Å². The summed E-state index contributed by atoms with van der Waals surface area (Å²) in [6.45, 7) is 4.57. The van der Waals surface area contributed by atoms with Crippen molar-refractivity contribution < 1.29 is 9.53 Å². The Bertz CT molecular complexity index is 892. The molecule has 1 amide bonds. The first kappa shape index (κ1) is 17.5. The number of carbonyl (C=O) groups is 1. The Morgan fingerprint density at radius 1 is 1.00 bits per heavy atom. The highest BCUT2D eigenvalue weighted by atomic mass is 16.5. The summed E-state index contributed by atoms with van der Waals surface area (Å²) in [5.41, 5.74) is 3.97. The zero-order chi connectivity index (χ0) is 18.4. The molecule has 3 aromatic rings. The lowest BCUT2D eigenvalue weighted by Crippen LogP contribution is -2.13. The van der Waals surface area contributed by atoms with Crippen molar-refractivity contribution >= 4 is 23.0 Å². The van der Waals surface area contributed by atoms with Crippen LogP contribution in [0.1, 0.15) is 23.0 Å². The number of aryl methyl sites for hydroxylation is 1. The van der Waals surface area contributed by atoms with Gasteiger partial charge in [0.05, 0.1) is 6.61 Å². The summed E-state index contributed by atoms with van der Waals surface area (Å²) < 4.78 is 5.40. The number of rotatable bonds is 6. The Morgan fingerprint density at radius 2 is 1.77 bits per heavy atom. The number of aromatic nitrogens is 1. The number of amides is 1. The zero-order valence-corrected chi connectivity index (χ0v) is 14.8. The molecule has 5 nitrogen and oxygen atoms in total. The van der Waals surface area contributed by atoms with Gasteiger partial charge in [0.1, 0.15) is 11.4 Å². The third-order valence-corrected chi connectivity index (χ3v) is 3.72. The summed E-state index contributed by atoms with van der Waals surface area (Å²) in [6, 6.07) is 18.8. The topological polar surface area (TPSA) is 63.2 Å². The third kappa shape index (κ3) is 4.60. The molecule has 0 bridgehead atoms. The van der Waals surface area contributed by atoms with E-state index in [0.29, 0.717) is 18.0 Å². The van der Waals surface area contributed by atoms with Crippen LogP contribution in [0.2, 0.25) is 0 Å². The molecule has 1 heterocycles. The predicted molar refractivity (Wildman–Crippen MR) is 104 cm³/mol. The van der Waals surface area contributed by atoms with Gasteiger partial charge in [-0.3, -0.25) is 9.78 Å². The maximum atomic E-state index is 12.5. The highest BCUT2D eigenvalue weighted by molar-refractivity contribution is 6.03. The summed E-state index contributed by atoms with van der Waals surface area (Å²) in [7, 11) is 0. The van der Waals surface area contributed by atoms with Crippen molar-refractivity contribution in [2.75, 3.05) is 17.2 Å². The number of hydrogen-bond donors (Lipinski definition) is 2. The van der Waals surface area contributed by atoms with Gasteiger partial charge in [0.25, 0.3) is 5.91 Å². The SMILES string of the molecule is CCOc1ccc(NC(=O)c2cc(Nc3cccc(C)c3)ccn2)cc1. The van der Waals surface area contributed by atoms with Gasteiger partial charge >= 0.3 is 0 Å². The molecule has 0 fully saturated rings. The average Bonchev–Trinajstić information content (AvgIpc) is 2.64. The van der Waals surface area contributed by atoms with E-state index in [1.54, 1.807) is 24.4 Å². The minimum atomic E-state index is -0.262. The van der Waals surface area contributed by atoms with Gasteiger partial charge in [0.15, 0.2) is 0 Å². The lowest BCUT2D eigenvalue weighted by molar-refractivity contribution is 0.102. The first-order chi connectivity index (χ1) is 12.6. The maximum absolute atomic E-state index is 12.5. The van der Waals surface area contributed by atoms with Crippen LogP contribution in [0.15, 0.2) is 66.9 Å². The number of anilines is 3. The van der Waals surface area contributed by atoms with Crippen molar-refractivity contribution in [2.24, 2.45) is 0 Å². The second-order valence-electron chi connectivity index (χ2n) is 5.84. The van der Waals surface area contributed by atoms with E-state index >= 15 is 0 Å². The fourth-order valence-electron chi connectivity index (χ4n) is 2.52. The van der Waals surface area contributed by atoms with Crippen molar-refractivity contribution in [3.8, 4) is 5.75 Å². The van der Waals surface area contributed by atoms with Crippen LogP contribution in [0, 0.1) is 6.92 Å². The smallest absolute Gasteiger partial charge is 0.274 e. The second-order valence-corrected chi connectivity index (χ2v) is 5.84. The Balaban J connectivity index is 1.69. The molecule has 0 saturated heterocycles. The summed E-state index contributed by atoms with van der Waals surface area (Å²) in [5, 5.41) is 6.13. The average molecular weight is 347 g/mol. The van der Waals surface area contributed by atoms with E-state index in [2.05, 4.69) is 15.6 Å². The minimum Gasteiger partial charge on any atom is -0.494 e. The lowest BCUT2D eigenvalue weighted by Gasteiger charge is -2.09. The molecule has 5 heteroatoms. The van der Waals surface area contributed by atoms with Gasteiger partial charge < -0.3 is 15.4 Å². The molecule has 0 unspecified atom stereocenters. The lowest BCUT2D eigenvalue weighted by atomic mass is 10.2. The van der Waals surface area contributed by atoms with Gasteiger partial charge in [0.2, 0.25) is 0 Å². The first-order valence-corrected chi connectivity index (χ1v) is 8.48. The fraction of sp³-hybridized carbons (Fsp3) is 0.143. The van der Waals surface area contributed by atoms with Gasteiger partial charge in [-0.05, 0) is 67.9 Å². The van der Waals surface area contributed by atoms with Crippen LogP contribution in [0.5, 0.6) is 5.75 Å². The van der Waals surface area contributed by atoms with Gasteiger partial charge in [-0.25, -0.2) is 0 Å². The Morgan fingerprint density at radius 3 is 2.50 bits per heavy atom. The Labute approximate surface area is 153 Å². The number of nitrogens with one attached hydrogen (secondary N) is 2. The van der Waals surface area contributed by atoms with Crippen LogP contribution in [-0.4, -0.2) is 17.5 Å². The molecule has 0 atom stereocenters. The molecule has 0 saturated carbocycles. The van der Waals surface area contributed by atoms with Crippen molar-refractivity contribution in [1.82, 2.24) is 4.98 Å². The molecule has 0 spiro atoms. The molecule has 132 valence electrons. The molecule has 1 aromatic heterocycles. The summed E-state index contributed by atoms with van der Waals surface area (Å²) >= 11 is 0. The molecule has 0 aliphatic rings. The molecule has 26 heavy (non-hydrogen) atoms. The standard InChI is InChI=1S/C21H21N3O2/c1-3-26-19-9-7-16(8-10-19)24-21(25)20-14-18(11-12-22-20)23-17-6-4-5-15(2)13-17/h4-14H,3H2,1-2H3,(H,22,23)(H,24,25). The molecular weight excluding hydrogens is 326 g/mol. The van der Waals surface area contributed by atoms with Crippen LogP contribution in [0.25, 0.3) is 0 Å². The predicted octanol–water partition coefficient (Wildman–Crippen LogP) is 4.78.